The molecule has 1 saturated heterocycles. The molecule has 1 N–H and O–H groups in total. The molecule has 1 heterocycles. The Labute approximate surface area is 134 Å². The van der Waals surface area contributed by atoms with Crippen molar-refractivity contribution in [2.24, 2.45) is 0 Å². The van der Waals surface area contributed by atoms with Crippen LogP contribution in [0, 0.1) is 0 Å². The van der Waals surface area contributed by atoms with Gasteiger partial charge in [0.15, 0.2) is 5.78 Å². The van der Waals surface area contributed by atoms with Gasteiger partial charge in [-0.2, -0.15) is 0 Å². The summed E-state index contributed by atoms with van der Waals surface area (Å²) < 4.78 is 0. The van der Waals surface area contributed by atoms with Crippen molar-refractivity contribution in [2.75, 3.05) is 11.4 Å². The molecule has 0 radical (unpaired) electrons. The van der Waals surface area contributed by atoms with Crippen molar-refractivity contribution in [3.05, 3.63) is 65.7 Å². The summed E-state index contributed by atoms with van der Waals surface area (Å²) in [7, 11) is 0. The van der Waals surface area contributed by atoms with Gasteiger partial charge in [-0.25, -0.2) is 0 Å². The summed E-state index contributed by atoms with van der Waals surface area (Å²) in [6, 6.07) is 13.8. The number of aromatic hydroxyl groups is 1. The smallest absolute Gasteiger partial charge is 0.227 e. The maximum atomic E-state index is 12.2. The molecule has 0 atom stereocenters. The van der Waals surface area contributed by atoms with E-state index in [1.54, 1.807) is 53.4 Å². The lowest BCUT2D eigenvalue weighted by Gasteiger charge is -2.15. The first-order chi connectivity index (χ1) is 11.1. The zero-order chi connectivity index (χ0) is 16.2. The van der Waals surface area contributed by atoms with Crippen molar-refractivity contribution in [1.29, 1.82) is 0 Å². The van der Waals surface area contributed by atoms with E-state index in [1.165, 1.54) is 6.08 Å². The first kappa shape index (κ1) is 15.0. The molecule has 0 aliphatic carbocycles. The van der Waals surface area contributed by atoms with Crippen LogP contribution in [0.4, 0.5) is 5.69 Å². The molecule has 1 aliphatic heterocycles. The summed E-state index contributed by atoms with van der Waals surface area (Å²) in [5.41, 5.74) is 2.16. The predicted octanol–water partition coefficient (Wildman–Crippen LogP) is 3.42. The average molecular weight is 307 g/mol. The molecule has 0 unspecified atom stereocenters. The molecular weight excluding hydrogens is 290 g/mol. The van der Waals surface area contributed by atoms with Crippen LogP contribution in [0.1, 0.15) is 28.8 Å². The minimum absolute atomic E-state index is 0.118. The van der Waals surface area contributed by atoms with Gasteiger partial charge in [-0.1, -0.05) is 18.2 Å². The van der Waals surface area contributed by atoms with Crippen LogP contribution in [-0.4, -0.2) is 23.3 Å². The molecule has 4 heteroatoms. The number of hydrogen-bond donors (Lipinski definition) is 1. The zero-order valence-corrected chi connectivity index (χ0v) is 12.6. The Bertz CT molecular complexity index is 762. The Balaban J connectivity index is 1.71. The third-order valence-electron chi connectivity index (χ3n) is 3.83. The number of amides is 1. The van der Waals surface area contributed by atoms with Crippen LogP contribution in [0.25, 0.3) is 6.08 Å². The number of carbonyl (C=O) groups excluding carboxylic acids is 2. The highest BCUT2D eigenvalue weighted by Crippen LogP contribution is 2.22. The van der Waals surface area contributed by atoms with Crippen molar-refractivity contribution >= 4 is 23.5 Å². The Morgan fingerprint density at radius 1 is 1.13 bits per heavy atom. The van der Waals surface area contributed by atoms with Gasteiger partial charge in [-0.05, 0) is 54.5 Å². The third-order valence-corrected chi connectivity index (χ3v) is 3.83. The van der Waals surface area contributed by atoms with Gasteiger partial charge in [0, 0.05) is 24.2 Å². The van der Waals surface area contributed by atoms with Gasteiger partial charge in [0.05, 0.1) is 0 Å². The maximum absolute atomic E-state index is 12.2. The fourth-order valence-corrected chi connectivity index (χ4v) is 2.62. The highest BCUT2D eigenvalue weighted by Gasteiger charge is 2.21. The van der Waals surface area contributed by atoms with E-state index in [4.69, 9.17) is 0 Å². The summed E-state index contributed by atoms with van der Waals surface area (Å²) in [6.07, 6.45) is 4.62. The van der Waals surface area contributed by atoms with E-state index >= 15 is 0 Å². The molecule has 0 saturated carbocycles. The Morgan fingerprint density at radius 2 is 1.91 bits per heavy atom. The van der Waals surface area contributed by atoms with E-state index in [-0.39, 0.29) is 17.4 Å². The maximum Gasteiger partial charge on any atom is 0.227 e. The SMILES string of the molecule is O=C(C=Cc1cccc(O)c1)c1ccc(N2CCCC2=O)cc1. The van der Waals surface area contributed by atoms with E-state index < -0.39 is 0 Å². The molecule has 1 fully saturated rings. The van der Waals surface area contributed by atoms with Crippen LogP contribution in [0.5, 0.6) is 5.75 Å². The number of rotatable bonds is 4. The van der Waals surface area contributed by atoms with Gasteiger partial charge in [0.1, 0.15) is 5.75 Å². The first-order valence-electron chi connectivity index (χ1n) is 7.55. The van der Waals surface area contributed by atoms with Crippen molar-refractivity contribution in [3.63, 3.8) is 0 Å². The molecule has 2 aromatic carbocycles. The standard InChI is InChI=1S/C19H17NO3/c21-17-4-1-3-14(13-17)6-11-18(22)15-7-9-16(10-8-15)20-12-2-5-19(20)23/h1,3-4,6-11,13,21H,2,5,12H2. The fourth-order valence-electron chi connectivity index (χ4n) is 2.62. The second kappa shape index (κ2) is 6.48. The predicted molar refractivity (Wildman–Crippen MR) is 89.5 cm³/mol. The molecule has 4 nitrogen and oxygen atoms in total. The van der Waals surface area contributed by atoms with E-state index in [0.29, 0.717) is 12.0 Å². The third kappa shape index (κ3) is 3.48. The molecule has 0 bridgehead atoms. The molecule has 0 spiro atoms. The molecule has 1 amide bonds. The Kier molecular flexibility index (Phi) is 4.24. The molecule has 1 aliphatic rings. The number of phenols is 1. The van der Waals surface area contributed by atoms with Crippen molar-refractivity contribution in [3.8, 4) is 5.75 Å². The number of carbonyl (C=O) groups is 2. The molecule has 2 aromatic rings. The van der Waals surface area contributed by atoms with Crippen molar-refractivity contribution in [1.82, 2.24) is 0 Å². The number of anilines is 1. The molecule has 0 aromatic heterocycles. The average Bonchev–Trinajstić information content (AvgIpc) is 2.99. The quantitative estimate of drug-likeness (QED) is 0.695. The summed E-state index contributed by atoms with van der Waals surface area (Å²) in [6.45, 7) is 0.740. The fraction of sp³-hybridized carbons (Fsp3) is 0.158. The van der Waals surface area contributed by atoms with Gasteiger partial charge in [0.2, 0.25) is 5.91 Å². The minimum atomic E-state index is -0.118. The van der Waals surface area contributed by atoms with Gasteiger partial charge >= 0.3 is 0 Å². The normalized spacial score (nSPS) is 14.6. The number of phenolic OH excluding ortho intramolecular Hbond substituents is 1. The first-order valence-corrected chi connectivity index (χ1v) is 7.55. The van der Waals surface area contributed by atoms with E-state index in [2.05, 4.69) is 0 Å². The number of nitrogens with zero attached hydrogens (tertiary/aromatic N) is 1. The van der Waals surface area contributed by atoms with Gasteiger partial charge in [-0.3, -0.25) is 9.59 Å². The zero-order valence-electron chi connectivity index (χ0n) is 12.6. The van der Waals surface area contributed by atoms with Crippen molar-refractivity contribution < 1.29 is 14.7 Å². The van der Waals surface area contributed by atoms with Crippen LogP contribution in [0.2, 0.25) is 0 Å². The van der Waals surface area contributed by atoms with E-state index in [9.17, 15) is 14.7 Å². The minimum Gasteiger partial charge on any atom is -0.508 e. The number of benzene rings is 2. The highest BCUT2D eigenvalue weighted by molar-refractivity contribution is 6.07. The topological polar surface area (TPSA) is 57.6 Å². The number of allylic oxidation sites excluding steroid dienone is 1. The van der Waals surface area contributed by atoms with Gasteiger partial charge in [-0.15, -0.1) is 0 Å². The summed E-state index contributed by atoms with van der Waals surface area (Å²) in [4.78, 5) is 25.6. The lowest BCUT2D eigenvalue weighted by atomic mass is 10.1. The Hall–Kier alpha value is -2.88. The van der Waals surface area contributed by atoms with Crippen molar-refractivity contribution in [2.45, 2.75) is 12.8 Å². The Morgan fingerprint density at radius 3 is 2.57 bits per heavy atom. The lowest BCUT2D eigenvalue weighted by molar-refractivity contribution is -0.117. The molecule has 116 valence electrons. The van der Waals surface area contributed by atoms with Crippen LogP contribution in [-0.2, 0) is 4.79 Å². The summed E-state index contributed by atoms with van der Waals surface area (Å²) >= 11 is 0. The van der Waals surface area contributed by atoms with E-state index in [1.807, 2.05) is 6.07 Å². The highest BCUT2D eigenvalue weighted by atomic mass is 16.3. The van der Waals surface area contributed by atoms with Gasteiger partial charge < -0.3 is 10.0 Å². The second-order valence-electron chi connectivity index (χ2n) is 5.49. The molecule has 3 rings (SSSR count). The molecular formula is C19H17NO3. The van der Waals surface area contributed by atoms with Gasteiger partial charge in [0.25, 0.3) is 0 Å². The number of ketones is 1. The summed E-state index contributed by atoms with van der Waals surface area (Å²) in [5, 5.41) is 9.40. The van der Waals surface area contributed by atoms with Crippen LogP contribution < -0.4 is 4.90 Å². The molecule has 23 heavy (non-hydrogen) atoms. The van der Waals surface area contributed by atoms with Crippen LogP contribution in [0.3, 0.4) is 0 Å². The lowest BCUT2D eigenvalue weighted by Crippen LogP contribution is -2.23. The van der Waals surface area contributed by atoms with Crippen LogP contribution in [0.15, 0.2) is 54.6 Å². The monoisotopic (exact) mass is 307 g/mol. The second-order valence-corrected chi connectivity index (χ2v) is 5.49. The summed E-state index contributed by atoms with van der Waals surface area (Å²) in [5.74, 6) is 0.180. The largest absolute Gasteiger partial charge is 0.508 e. The number of hydrogen-bond acceptors (Lipinski definition) is 3. The van der Waals surface area contributed by atoms with E-state index in [0.717, 1.165) is 24.2 Å². The van der Waals surface area contributed by atoms with Crippen LogP contribution >= 0.6 is 0 Å².